The molecule has 1 heterocycles. The van der Waals surface area contributed by atoms with E-state index in [0.29, 0.717) is 12.5 Å². The quantitative estimate of drug-likeness (QED) is 0.0464. The van der Waals surface area contributed by atoms with Crippen molar-refractivity contribution < 1.29 is 18.8 Å². The molecule has 4 aromatic carbocycles. The Morgan fingerprint density at radius 1 is 0.529 bits per heavy atom. The first-order valence-electron chi connectivity index (χ1n) is 19.3. The highest BCUT2D eigenvalue weighted by atomic mass is 16.5. The minimum atomic E-state index is 0.476. The van der Waals surface area contributed by atoms with Crippen LogP contribution in [-0.4, -0.2) is 28.0 Å². The Hall–Kier alpha value is -4.25. The highest BCUT2D eigenvalue weighted by Gasteiger charge is 2.27. The maximum Gasteiger partial charge on any atom is 0.212 e. The summed E-state index contributed by atoms with van der Waals surface area (Å²) in [5.41, 5.74) is 5.42. The van der Waals surface area contributed by atoms with Gasteiger partial charge in [0.25, 0.3) is 0 Å². The molecule has 0 spiro atoms. The summed E-state index contributed by atoms with van der Waals surface area (Å²) >= 11 is 0. The number of methoxy groups -OCH3 is 3. The van der Waals surface area contributed by atoms with E-state index in [1.54, 1.807) is 21.3 Å². The number of nitrogens with zero attached hydrogens (tertiary/aromatic N) is 1. The molecule has 5 aromatic rings. The molecule has 1 atom stereocenters. The summed E-state index contributed by atoms with van der Waals surface area (Å²) in [5, 5.41) is 1.29. The lowest BCUT2D eigenvalue weighted by Gasteiger charge is -2.26. The monoisotopic (exact) mass is 686 g/mol. The fourth-order valence-electron chi connectivity index (χ4n) is 7.17. The van der Waals surface area contributed by atoms with Crippen molar-refractivity contribution in [3.8, 4) is 17.2 Å². The molecule has 1 aromatic heterocycles. The van der Waals surface area contributed by atoms with Crippen molar-refractivity contribution in [3.05, 3.63) is 132 Å². The number of hydrogen-bond donors (Lipinski definition) is 0. The highest BCUT2D eigenvalue weighted by molar-refractivity contribution is 6.59. The minimum absolute atomic E-state index is 0.476. The minimum Gasteiger partial charge on any atom is -0.497 e. The number of ether oxygens (including phenoxy) is 3. The number of aryl methyl sites for hydroxylation is 1. The number of benzene rings is 4. The van der Waals surface area contributed by atoms with Crippen molar-refractivity contribution in [2.75, 3.05) is 21.3 Å². The number of aromatic nitrogens is 1. The van der Waals surface area contributed by atoms with Gasteiger partial charge in [0.1, 0.15) is 24.3 Å². The lowest BCUT2D eigenvalue weighted by atomic mass is 9.34. The molecule has 0 aliphatic carbocycles. The second-order valence-corrected chi connectivity index (χ2v) is 13.9. The van der Waals surface area contributed by atoms with Crippen LogP contribution < -0.4 is 18.8 Å². The van der Waals surface area contributed by atoms with Gasteiger partial charge in [0.15, 0.2) is 12.9 Å². The van der Waals surface area contributed by atoms with Crippen LogP contribution in [0.2, 0.25) is 0 Å². The fourth-order valence-corrected chi connectivity index (χ4v) is 7.17. The normalized spacial score (nSPS) is 11.4. The van der Waals surface area contributed by atoms with Crippen LogP contribution >= 0.6 is 0 Å². The second-order valence-electron chi connectivity index (χ2n) is 13.9. The number of rotatable bonds is 20. The lowest BCUT2D eigenvalue weighted by Crippen LogP contribution is -2.30. The van der Waals surface area contributed by atoms with Gasteiger partial charge in [-0.15, -0.1) is 0 Å². The summed E-state index contributed by atoms with van der Waals surface area (Å²) in [5.74, 6) is 3.22. The first kappa shape index (κ1) is 39.5. The van der Waals surface area contributed by atoms with E-state index in [1.165, 1.54) is 98.2 Å². The van der Waals surface area contributed by atoms with Crippen molar-refractivity contribution in [1.82, 2.24) is 0 Å². The van der Waals surface area contributed by atoms with Crippen LogP contribution in [0.15, 0.2) is 115 Å². The molecule has 4 nitrogen and oxygen atoms in total. The number of hydrogen-bond acceptors (Lipinski definition) is 3. The summed E-state index contributed by atoms with van der Waals surface area (Å²) in [6.07, 6.45) is 19.0. The number of pyridine rings is 1. The molecule has 270 valence electrons. The van der Waals surface area contributed by atoms with Gasteiger partial charge in [-0.1, -0.05) is 143 Å². The Morgan fingerprint density at radius 2 is 0.980 bits per heavy atom. The Kier molecular flexibility index (Phi) is 17.5. The van der Waals surface area contributed by atoms with Crippen LogP contribution in [0, 0.1) is 0 Å². The zero-order valence-corrected chi connectivity index (χ0v) is 32.0. The van der Waals surface area contributed by atoms with Gasteiger partial charge in [0, 0.05) is 17.5 Å². The molecule has 0 saturated carbocycles. The maximum atomic E-state index is 5.49. The van der Waals surface area contributed by atoms with E-state index in [-0.39, 0.29) is 0 Å². The van der Waals surface area contributed by atoms with Crippen molar-refractivity contribution in [1.29, 1.82) is 0 Å². The van der Waals surface area contributed by atoms with Crippen LogP contribution in [0.25, 0.3) is 10.9 Å². The molecule has 0 amide bonds. The number of para-hydroxylation sites is 1. The van der Waals surface area contributed by atoms with Crippen molar-refractivity contribution in [2.24, 2.45) is 7.05 Å². The summed E-state index contributed by atoms with van der Waals surface area (Å²) in [6.45, 7) is 2.77. The number of fused-ring (bicyclic) bond motifs is 1. The average molecular weight is 687 g/mol. The first-order valence-corrected chi connectivity index (χ1v) is 19.3. The summed E-state index contributed by atoms with van der Waals surface area (Å²) in [7, 11) is 7.26. The Morgan fingerprint density at radius 3 is 1.47 bits per heavy atom. The van der Waals surface area contributed by atoms with Crippen molar-refractivity contribution in [3.63, 3.8) is 0 Å². The lowest BCUT2D eigenvalue weighted by molar-refractivity contribution is -0.644. The van der Waals surface area contributed by atoms with Crippen LogP contribution in [0.4, 0.5) is 0 Å². The van der Waals surface area contributed by atoms with E-state index in [2.05, 4.69) is 134 Å². The zero-order valence-electron chi connectivity index (χ0n) is 32.0. The molecule has 0 aliphatic rings. The van der Waals surface area contributed by atoms with E-state index in [9.17, 15) is 0 Å². The molecule has 51 heavy (non-hydrogen) atoms. The molecule has 5 rings (SSSR count). The molecular formula is C46H61BNO3+. The second kappa shape index (κ2) is 22.5. The predicted octanol–water partition coefficient (Wildman–Crippen LogP) is 11.4. The highest BCUT2D eigenvalue weighted by Crippen LogP contribution is 2.31. The standard InChI is InChI=1S/C36H51BO3.C10H10N/c1-5-6-7-8-9-10-11-12-13-14-15-36(32-20-26-35(40-4)27-21-32)37(28-30-16-22-33(38-2)23-17-30)29-31-18-24-34(39-3)25-19-31;1-11-8-4-6-9-5-2-3-7-10(9)11/h16-27,36H,5-15,28-29H2,1-4H3;2-8H,1H3/q;+1. The smallest absolute Gasteiger partial charge is 0.212 e. The third kappa shape index (κ3) is 13.4. The maximum absolute atomic E-state index is 5.49. The predicted molar refractivity (Wildman–Crippen MR) is 216 cm³/mol. The first-order chi connectivity index (χ1) is 25.0. The van der Waals surface area contributed by atoms with Crippen molar-refractivity contribution in [2.45, 2.75) is 96.0 Å². The molecule has 0 radical (unpaired) electrons. The molecule has 5 heteroatoms. The van der Waals surface area contributed by atoms with Gasteiger partial charge < -0.3 is 14.2 Å². The molecule has 0 bridgehead atoms. The van der Waals surface area contributed by atoms with E-state index in [4.69, 9.17) is 14.2 Å². The topological polar surface area (TPSA) is 31.6 Å². The fraction of sp³-hybridized carbons (Fsp3) is 0.413. The van der Waals surface area contributed by atoms with Crippen LogP contribution in [0.5, 0.6) is 17.2 Å². The largest absolute Gasteiger partial charge is 0.497 e. The zero-order chi connectivity index (χ0) is 36.1. The van der Waals surface area contributed by atoms with Gasteiger partial charge in [-0.25, -0.2) is 4.57 Å². The van der Waals surface area contributed by atoms with Gasteiger partial charge in [-0.3, -0.25) is 0 Å². The van der Waals surface area contributed by atoms with Gasteiger partial charge in [-0.05, 0) is 67.0 Å². The van der Waals surface area contributed by atoms with Gasteiger partial charge >= 0.3 is 0 Å². The Balaban J connectivity index is 0.000000445. The molecule has 0 N–H and O–H groups in total. The van der Waals surface area contributed by atoms with Crippen LogP contribution in [0.3, 0.4) is 0 Å². The summed E-state index contributed by atoms with van der Waals surface area (Å²) < 4.78 is 18.5. The van der Waals surface area contributed by atoms with E-state index < -0.39 is 0 Å². The van der Waals surface area contributed by atoms with E-state index >= 15 is 0 Å². The SMILES string of the molecule is CCCCCCCCCCCCC(B(Cc1ccc(OC)cc1)Cc1ccc(OC)cc1)c1ccc(OC)cc1.C[n+]1cccc2ccccc21. The van der Waals surface area contributed by atoms with Gasteiger partial charge in [0.2, 0.25) is 5.52 Å². The molecule has 0 saturated heterocycles. The van der Waals surface area contributed by atoms with Gasteiger partial charge in [-0.2, -0.15) is 0 Å². The Labute approximate surface area is 309 Å². The third-order valence-electron chi connectivity index (χ3n) is 10.2. The molecule has 0 aliphatic heterocycles. The molecule has 0 fully saturated rings. The Bertz CT molecular complexity index is 1600. The van der Waals surface area contributed by atoms with Crippen LogP contribution in [-0.2, 0) is 19.7 Å². The molecule has 1 unspecified atom stereocenters. The summed E-state index contributed by atoms with van der Waals surface area (Å²) in [6, 6.07) is 38.6. The van der Waals surface area contributed by atoms with E-state index in [1.807, 2.05) is 0 Å². The number of unbranched alkanes of at least 4 members (excludes halogenated alkanes) is 9. The van der Waals surface area contributed by atoms with Crippen molar-refractivity contribution >= 4 is 17.6 Å². The summed E-state index contributed by atoms with van der Waals surface area (Å²) in [4.78, 5) is 0. The average Bonchev–Trinajstić information content (AvgIpc) is 3.18. The van der Waals surface area contributed by atoms with E-state index in [0.717, 1.165) is 29.9 Å². The van der Waals surface area contributed by atoms with Gasteiger partial charge in [0.05, 0.1) is 21.3 Å². The van der Waals surface area contributed by atoms with Crippen LogP contribution in [0.1, 0.15) is 100 Å². The molecular weight excluding hydrogens is 625 g/mol. The third-order valence-corrected chi connectivity index (χ3v) is 10.2.